The van der Waals surface area contributed by atoms with Crippen molar-refractivity contribution < 1.29 is 0 Å². The van der Waals surface area contributed by atoms with Gasteiger partial charge in [0.15, 0.2) is 0 Å². The van der Waals surface area contributed by atoms with Crippen LogP contribution in [0.5, 0.6) is 0 Å². The highest BCUT2D eigenvalue weighted by Gasteiger charge is 2.34. The first kappa shape index (κ1) is 15.0. The van der Waals surface area contributed by atoms with Crippen LogP contribution >= 0.6 is 0 Å². The number of hydrogen-bond acceptors (Lipinski definition) is 2. The topological polar surface area (TPSA) is 15.3 Å². The molecule has 102 valence electrons. The van der Waals surface area contributed by atoms with Gasteiger partial charge in [0.25, 0.3) is 0 Å². The Morgan fingerprint density at radius 3 is 2.18 bits per heavy atom. The molecule has 1 fully saturated rings. The van der Waals surface area contributed by atoms with Gasteiger partial charge in [-0.1, -0.05) is 41.5 Å². The van der Waals surface area contributed by atoms with Crippen molar-refractivity contribution in [1.29, 1.82) is 0 Å². The second kappa shape index (κ2) is 6.19. The maximum absolute atomic E-state index is 3.63. The largest absolute Gasteiger partial charge is 0.315 e. The van der Waals surface area contributed by atoms with Crippen molar-refractivity contribution in [3.05, 3.63) is 0 Å². The zero-order chi connectivity index (χ0) is 13.1. The molecule has 1 heterocycles. The number of hydrogen-bond donors (Lipinski definition) is 1. The highest BCUT2D eigenvalue weighted by molar-refractivity contribution is 4.88. The second-order valence-electron chi connectivity index (χ2n) is 7.25. The summed E-state index contributed by atoms with van der Waals surface area (Å²) in [4.78, 5) is 2.69. The normalized spacial score (nSPS) is 22.6. The molecule has 1 rings (SSSR count). The van der Waals surface area contributed by atoms with Crippen molar-refractivity contribution in [2.24, 2.45) is 17.3 Å². The zero-order valence-corrected chi connectivity index (χ0v) is 12.7. The summed E-state index contributed by atoms with van der Waals surface area (Å²) in [6, 6.07) is 0.704. The lowest BCUT2D eigenvalue weighted by Crippen LogP contribution is -2.45. The Morgan fingerprint density at radius 2 is 1.76 bits per heavy atom. The molecule has 0 aliphatic carbocycles. The molecule has 2 nitrogen and oxygen atoms in total. The summed E-state index contributed by atoms with van der Waals surface area (Å²) >= 11 is 0. The lowest BCUT2D eigenvalue weighted by atomic mass is 9.93. The summed E-state index contributed by atoms with van der Waals surface area (Å²) in [5, 5.41) is 3.63. The maximum atomic E-state index is 3.63. The summed E-state index contributed by atoms with van der Waals surface area (Å²) in [5.74, 6) is 1.49. The third-order valence-corrected chi connectivity index (χ3v) is 3.85. The first-order valence-electron chi connectivity index (χ1n) is 7.26. The van der Waals surface area contributed by atoms with E-state index in [1.54, 1.807) is 0 Å². The molecule has 0 spiro atoms. The van der Waals surface area contributed by atoms with Gasteiger partial charge in [-0.3, -0.25) is 4.90 Å². The van der Waals surface area contributed by atoms with Gasteiger partial charge in [0.05, 0.1) is 0 Å². The molecule has 1 N–H and O–H groups in total. The van der Waals surface area contributed by atoms with Crippen molar-refractivity contribution >= 4 is 0 Å². The van der Waals surface area contributed by atoms with Gasteiger partial charge in [-0.2, -0.15) is 0 Å². The van der Waals surface area contributed by atoms with Crippen LogP contribution in [0.4, 0.5) is 0 Å². The summed E-state index contributed by atoms with van der Waals surface area (Å²) in [7, 11) is 0. The first-order chi connectivity index (χ1) is 7.82. The minimum atomic E-state index is 0.519. The Kier molecular flexibility index (Phi) is 5.46. The van der Waals surface area contributed by atoms with E-state index in [1.807, 2.05) is 0 Å². The fourth-order valence-corrected chi connectivity index (χ4v) is 2.74. The molecule has 1 aliphatic heterocycles. The van der Waals surface area contributed by atoms with E-state index in [2.05, 4.69) is 51.8 Å². The molecule has 1 aliphatic rings. The molecule has 0 bridgehead atoms. The Hall–Kier alpha value is -0.0800. The van der Waals surface area contributed by atoms with E-state index in [4.69, 9.17) is 0 Å². The second-order valence-corrected chi connectivity index (χ2v) is 7.25. The number of nitrogens with one attached hydrogen (secondary N) is 1. The summed E-state index contributed by atoms with van der Waals surface area (Å²) in [6.45, 7) is 18.9. The van der Waals surface area contributed by atoms with E-state index in [-0.39, 0.29) is 0 Å². The predicted octanol–water partition coefficient (Wildman–Crippen LogP) is 2.99. The van der Waals surface area contributed by atoms with Crippen molar-refractivity contribution in [1.82, 2.24) is 10.2 Å². The molecule has 1 atom stereocenters. The third kappa shape index (κ3) is 4.97. The monoisotopic (exact) mass is 240 g/mol. The van der Waals surface area contributed by atoms with Gasteiger partial charge >= 0.3 is 0 Å². The van der Waals surface area contributed by atoms with Gasteiger partial charge in [0.1, 0.15) is 0 Å². The smallest absolute Gasteiger partial charge is 0.0243 e. The Balaban J connectivity index is 2.44. The lowest BCUT2D eigenvalue weighted by molar-refractivity contribution is 0.168. The van der Waals surface area contributed by atoms with Crippen molar-refractivity contribution in [3.63, 3.8) is 0 Å². The number of likely N-dealkylation sites (tertiary alicyclic amines) is 1. The number of nitrogens with zero attached hydrogens (tertiary/aromatic N) is 1. The lowest BCUT2D eigenvalue weighted by Gasteiger charge is -2.32. The van der Waals surface area contributed by atoms with Crippen LogP contribution in [0.25, 0.3) is 0 Å². The van der Waals surface area contributed by atoms with Gasteiger partial charge in [-0.25, -0.2) is 0 Å². The molecular formula is C15H32N2. The molecule has 0 aromatic heterocycles. The minimum Gasteiger partial charge on any atom is -0.315 e. The Bertz CT molecular complexity index is 221. The summed E-state index contributed by atoms with van der Waals surface area (Å²) < 4.78 is 0. The van der Waals surface area contributed by atoms with Crippen LogP contribution < -0.4 is 5.32 Å². The zero-order valence-electron chi connectivity index (χ0n) is 12.7. The van der Waals surface area contributed by atoms with Crippen LogP contribution in [0.15, 0.2) is 0 Å². The van der Waals surface area contributed by atoms with Crippen molar-refractivity contribution in [3.8, 4) is 0 Å². The van der Waals surface area contributed by atoms with Crippen LogP contribution in [-0.4, -0.2) is 37.1 Å². The molecule has 0 saturated carbocycles. The average molecular weight is 240 g/mol. The van der Waals surface area contributed by atoms with E-state index in [1.165, 1.54) is 19.5 Å². The van der Waals surface area contributed by atoms with Gasteiger partial charge in [0.2, 0.25) is 0 Å². The molecule has 1 unspecified atom stereocenters. The van der Waals surface area contributed by atoms with Crippen LogP contribution in [0.3, 0.4) is 0 Å². The van der Waals surface area contributed by atoms with Crippen LogP contribution in [-0.2, 0) is 0 Å². The molecule has 1 saturated heterocycles. The van der Waals surface area contributed by atoms with Gasteiger partial charge in [-0.15, -0.1) is 0 Å². The van der Waals surface area contributed by atoms with Crippen molar-refractivity contribution in [2.75, 3.05) is 26.2 Å². The van der Waals surface area contributed by atoms with Crippen LogP contribution in [0, 0.1) is 17.3 Å². The minimum absolute atomic E-state index is 0.519. The Labute approximate surface area is 108 Å². The Morgan fingerprint density at radius 1 is 1.12 bits per heavy atom. The molecule has 0 radical (unpaired) electrons. The van der Waals surface area contributed by atoms with E-state index in [0.717, 1.165) is 24.9 Å². The van der Waals surface area contributed by atoms with E-state index >= 15 is 0 Å². The predicted molar refractivity (Wildman–Crippen MR) is 76.3 cm³/mol. The molecule has 0 aromatic carbocycles. The third-order valence-electron chi connectivity index (χ3n) is 3.85. The van der Waals surface area contributed by atoms with Crippen LogP contribution in [0.1, 0.15) is 48.0 Å². The summed E-state index contributed by atoms with van der Waals surface area (Å²) in [6.07, 6.45) is 1.35. The molecule has 0 amide bonds. The highest BCUT2D eigenvalue weighted by Crippen LogP contribution is 2.31. The molecule has 2 heteroatoms. The maximum Gasteiger partial charge on any atom is 0.0243 e. The molecule has 17 heavy (non-hydrogen) atoms. The number of rotatable bonds is 6. The summed E-state index contributed by atoms with van der Waals surface area (Å²) in [5.41, 5.74) is 0.519. The quantitative estimate of drug-likeness (QED) is 0.768. The average Bonchev–Trinajstić information content (AvgIpc) is 2.52. The highest BCUT2D eigenvalue weighted by atomic mass is 15.2. The first-order valence-corrected chi connectivity index (χ1v) is 7.26. The van der Waals surface area contributed by atoms with E-state index in [9.17, 15) is 0 Å². The molecule has 0 aromatic rings. The SMILES string of the molecule is CC(C)CNCC(C(C)C)N1CCC(C)(C)C1. The van der Waals surface area contributed by atoms with E-state index in [0.29, 0.717) is 11.5 Å². The van der Waals surface area contributed by atoms with E-state index < -0.39 is 0 Å². The van der Waals surface area contributed by atoms with Gasteiger partial charge < -0.3 is 5.32 Å². The van der Waals surface area contributed by atoms with Crippen molar-refractivity contribution in [2.45, 2.75) is 54.0 Å². The standard InChI is InChI=1S/C15H32N2/c1-12(2)9-16-10-14(13(3)4)17-8-7-15(5,6)11-17/h12-14,16H,7-11H2,1-6H3. The molecular weight excluding hydrogens is 208 g/mol. The van der Waals surface area contributed by atoms with Gasteiger partial charge in [0, 0.05) is 19.1 Å². The van der Waals surface area contributed by atoms with Gasteiger partial charge in [-0.05, 0) is 36.8 Å². The van der Waals surface area contributed by atoms with Crippen LogP contribution in [0.2, 0.25) is 0 Å². The fraction of sp³-hybridized carbons (Fsp3) is 1.00. The fourth-order valence-electron chi connectivity index (χ4n) is 2.74.